The molecule has 0 unspecified atom stereocenters. The van der Waals surface area contributed by atoms with E-state index in [1.807, 2.05) is 66.7 Å². The zero-order valence-electron chi connectivity index (χ0n) is 15.2. The van der Waals surface area contributed by atoms with Crippen molar-refractivity contribution in [1.82, 2.24) is 5.32 Å². The van der Waals surface area contributed by atoms with E-state index in [2.05, 4.69) is 29.6 Å². The van der Waals surface area contributed by atoms with Gasteiger partial charge >= 0.3 is 0 Å². The van der Waals surface area contributed by atoms with Gasteiger partial charge in [-0.3, -0.25) is 4.79 Å². The topological polar surface area (TPSA) is 55.1 Å². The molecule has 3 heteroatoms. The molecule has 0 aliphatic heterocycles. The molecule has 0 heterocycles. The van der Waals surface area contributed by atoms with E-state index in [1.54, 1.807) is 0 Å². The predicted molar refractivity (Wildman–Crippen MR) is 108 cm³/mol. The monoisotopic (exact) mass is 356 g/mol. The van der Waals surface area contributed by atoms with E-state index in [4.69, 9.17) is 5.73 Å². The highest BCUT2D eigenvalue weighted by Crippen LogP contribution is 2.69. The number of amides is 1. The van der Waals surface area contributed by atoms with Gasteiger partial charge in [0.25, 0.3) is 0 Å². The Kier molecular flexibility index (Phi) is 4.78. The second-order valence-corrected chi connectivity index (χ2v) is 7.19. The second-order valence-electron chi connectivity index (χ2n) is 7.19. The van der Waals surface area contributed by atoms with Crippen LogP contribution in [-0.4, -0.2) is 12.5 Å². The molecule has 0 saturated heterocycles. The van der Waals surface area contributed by atoms with Gasteiger partial charge < -0.3 is 11.1 Å². The lowest BCUT2D eigenvalue weighted by Gasteiger charge is -2.17. The quantitative estimate of drug-likeness (QED) is 0.705. The molecular formula is C24H24N2O. The minimum absolute atomic E-state index is 0.0385. The van der Waals surface area contributed by atoms with E-state index in [1.165, 1.54) is 11.1 Å². The Morgan fingerprint density at radius 3 is 1.67 bits per heavy atom. The van der Waals surface area contributed by atoms with Crippen molar-refractivity contribution in [2.24, 2.45) is 11.1 Å². The van der Waals surface area contributed by atoms with Crippen molar-refractivity contribution in [3.63, 3.8) is 0 Å². The average Bonchev–Trinajstić information content (AvgIpc) is 3.44. The summed E-state index contributed by atoms with van der Waals surface area (Å²) in [6.45, 7) is 0.844. The van der Waals surface area contributed by atoms with E-state index >= 15 is 0 Å². The molecule has 0 radical (unpaired) electrons. The molecule has 0 aromatic heterocycles. The Hall–Kier alpha value is -2.91. The van der Waals surface area contributed by atoms with Crippen molar-refractivity contribution >= 4 is 5.91 Å². The third kappa shape index (κ3) is 3.15. The number of benzene rings is 3. The lowest BCUT2D eigenvalue weighted by molar-refractivity contribution is -0.126. The van der Waals surface area contributed by atoms with Crippen LogP contribution in [-0.2, 0) is 11.3 Å². The first-order valence-corrected chi connectivity index (χ1v) is 9.39. The smallest absolute Gasteiger partial charge is 0.229 e. The lowest BCUT2D eigenvalue weighted by atomic mass is 9.96. The van der Waals surface area contributed by atoms with Gasteiger partial charge in [0.15, 0.2) is 0 Å². The van der Waals surface area contributed by atoms with Gasteiger partial charge in [-0.2, -0.15) is 0 Å². The van der Waals surface area contributed by atoms with E-state index < -0.39 is 5.41 Å². The summed E-state index contributed by atoms with van der Waals surface area (Å²) in [5.74, 6) is 0.236. The minimum Gasteiger partial charge on any atom is -0.351 e. The number of rotatable bonds is 6. The second kappa shape index (κ2) is 7.37. The Labute approximate surface area is 160 Å². The fourth-order valence-electron chi connectivity index (χ4n) is 4.31. The van der Waals surface area contributed by atoms with Crippen LogP contribution in [0.2, 0.25) is 0 Å². The van der Waals surface area contributed by atoms with Crippen LogP contribution in [0.25, 0.3) is 0 Å². The zero-order chi connectivity index (χ0) is 18.7. The van der Waals surface area contributed by atoms with E-state index in [-0.39, 0.29) is 17.7 Å². The first-order valence-electron chi connectivity index (χ1n) is 9.39. The highest BCUT2D eigenvalue weighted by atomic mass is 16.2. The number of hydrogen-bond donors (Lipinski definition) is 2. The Morgan fingerprint density at radius 2 is 1.22 bits per heavy atom. The molecule has 1 aliphatic carbocycles. The summed E-state index contributed by atoms with van der Waals surface area (Å²) in [6, 6.07) is 30.5. The lowest BCUT2D eigenvalue weighted by Crippen LogP contribution is -2.38. The SMILES string of the molecule is NCC1(C(=O)NCc2ccccc2)[C@@H](c2ccccc2)[C@@H]1c1ccccc1. The normalized spacial score (nSPS) is 23.6. The van der Waals surface area contributed by atoms with Crippen LogP contribution in [0.5, 0.6) is 0 Å². The number of carbonyl (C=O) groups is 1. The largest absolute Gasteiger partial charge is 0.351 e. The molecule has 1 amide bonds. The summed E-state index contributed by atoms with van der Waals surface area (Å²) < 4.78 is 0. The van der Waals surface area contributed by atoms with Gasteiger partial charge in [-0.15, -0.1) is 0 Å². The van der Waals surface area contributed by atoms with E-state index in [0.29, 0.717) is 13.1 Å². The van der Waals surface area contributed by atoms with Gasteiger partial charge in [0.05, 0.1) is 5.41 Å². The van der Waals surface area contributed by atoms with Crippen LogP contribution in [0, 0.1) is 5.41 Å². The maximum absolute atomic E-state index is 13.3. The molecule has 3 N–H and O–H groups in total. The maximum Gasteiger partial charge on any atom is 0.229 e. The Morgan fingerprint density at radius 1 is 0.778 bits per heavy atom. The van der Waals surface area contributed by atoms with Crippen molar-refractivity contribution in [3.8, 4) is 0 Å². The molecule has 1 fully saturated rings. The van der Waals surface area contributed by atoms with Gasteiger partial charge in [0, 0.05) is 24.9 Å². The van der Waals surface area contributed by atoms with Gasteiger partial charge in [-0.1, -0.05) is 91.0 Å². The van der Waals surface area contributed by atoms with Crippen molar-refractivity contribution < 1.29 is 4.79 Å². The van der Waals surface area contributed by atoms with Crippen molar-refractivity contribution in [1.29, 1.82) is 0 Å². The fourth-order valence-corrected chi connectivity index (χ4v) is 4.31. The minimum atomic E-state index is -0.600. The van der Waals surface area contributed by atoms with Gasteiger partial charge in [-0.25, -0.2) is 0 Å². The first-order chi connectivity index (χ1) is 13.3. The summed E-state index contributed by atoms with van der Waals surface area (Å²) in [6.07, 6.45) is 0. The van der Waals surface area contributed by atoms with Gasteiger partial charge in [0.1, 0.15) is 0 Å². The number of nitrogens with two attached hydrogens (primary N) is 1. The van der Waals surface area contributed by atoms with E-state index in [9.17, 15) is 4.79 Å². The third-order valence-electron chi connectivity index (χ3n) is 5.71. The third-order valence-corrected chi connectivity index (χ3v) is 5.71. The molecule has 4 rings (SSSR count). The zero-order valence-corrected chi connectivity index (χ0v) is 15.2. The average molecular weight is 356 g/mol. The maximum atomic E-state index is 13.3. The van der Waals surface area contributed by atoms with Crippen LogP contribution in [0.3, 0.4) is 0 Å². The number of carbonyl (C=O) groups excluding carboxylic acids is 1. The van der Waals surface area contributed by atoms with Gasteiger partial charge in [0.2, 0.25) is 5.91 Å². The molecule has 3 aromatic rings. The van der Waals surface area contributed by atoms with Crippen LogP contribution in [0.4, 0.5) is 0 Å². The molecule has 1 aliphatic rings. The van der Waals surface area contributed by atoms with Crippen LogP contribution >= 0.6 is 0 Å². The van der Waals surface area contributed by atoms with Crippen LogP contribution in [0.1, 0.15) is 28.5 Å². The summed E-state index contributed by atoms with van der Waals surface area (Å²) in [4.78, 5) is 13.3. The van der Waals surface area contributed by atoms with Crippen molar-refractivity contribution in [2.45, 2.75) is 18.4 Å². The molecule has 2 atom stereocenters. The molecule has 27 heavy (non-hydrogen) atoms. The molecule has 136 valence electrons. The summed E-state index contributed by atoms with van der Waals surface area (Å²) >= 11 is 0. The molecular weight excluding hydrogens is 332 g/mol. The van der Waals surface area contributed by atoms with E-state index in [0.717, 1.165) is 5.56 Å². The highest BCUT2D eigenvalue weighted by molar-refractivity contribution is 5.90. The van der Waals surface area contributed by atoms with Crippen molar-refractivity contribution in [2.75, 3.05) is 6.54 Å². The Balaban J connectivity index is 1.64. The van der Waals surface area contributed by atoms with Crippen LogP contribution in [0.15, 0.2) is 91.0 Å². The highest BCUT2D eigenvalue weighted by Gasteiger charge is 2.69. The Bertz CT molecular complexity index is 848. The number of nitrogens with one attached hydrogen (secondary N) is 1. The molecule has 3 aromatic carbocycles. The van der Waals surface area contributed by atoms with Crippen molar-refractivity contribution in [3.05, 3.63) is 108 Å². The summed E-state index contributed by atoms with van der Waals surface area (Å²) in [5, 5.41) is 3.13. The van der Waals surface area contributed by atoms with Crippen LogP contribution < -0.4 is 11.1 Å². The fraction of sp³-hybridized carbons (Fsp3) is 0.208. The molecule has 1 saturated carbocycles. The first kappa shape index (κ1) is 17.5. The summed E-state index contributed by atoms with van der Waals surface area (Å²) in [5.41, 5.74) is 9.07. The predicted octanol–water partition coefficient (Wildman–Crippen LogP) is 3.83. The molecule has 0 bridgehead atoms. The number of hydrogen-bond acceptors (Lipinski definition) is 2. The van der Waals surface area contributed by atoms with Gasteiger partial charge in [-0.05, 0) is 16.7 Å². The molecule has 3 nitrogen and oxygen atoms in total. The summed E-state index contributed by atoms with van der Waals surface area (Å²) in [7, 11) is 0. The standard InChI is InChI=1S/C24H24N2O/c25-17-24(23(27)26-16-18-10-4-1-5-11-18)21(19-12-6-2-7-13-19)22(24)20-14-8-3-9-15-20/h1-15,21-22H,16-17,25H2,(H,26,27)/t21-,22-/m0/s1. The molecule has 0 spiro atoms.